The summed E-state index contributed by atoms with van der Waals surface area (Å²) >= 11 is 3.39. The van der Waals surface area contributed by atoms with E-state index in [1.807, 2.05) is 12.1 Å². The number of pyridine rings is 1. The molecule has 2 heterocycles. The molecule has 0 bridgehead atoms. The Morgan fingerprint density at radius 1 is 0.963 bits per heavy atom. The summed E-state index contributed by atoms with van der Waals surface area (Å²) in [6.07, 6.45) is 4.95. The van der Waals surface area contributed by atoms with Crippen molar-refractivity contribution in [2.75, 3.05) is 4.90 Å². The van der Waals surface area contributed by atoms with E-state index in [-0.39, 0.29) is 23.0 Å². The highest BCUT2D eigenvalue weighted by Gasteiger charge is 2.33. The standard InChI is InChI=1S/C21H13BrFN3O/c22-15-5-7-16(8-6-15)26-20(17-3-1-2-4-18(17)23)25-19(21(26)27)13-14-9-11-24-12-10-14/h1-13H/b19-13+. The van der Waals surface area contributed by atoms with Crippen molar-refractivity contribution in [1.29, 1.82) is 0 Å². The van der Waals surface area contributed by atoms with Crippen LogP contribution in [0.5, 0.6) is 0 Å². The number of amides is 1. The van der Waals surface area contributed by atoms with Gasteiger partial charge in [0.1, 0.15) is 11.5 Å². The molecule has 0 unspecified atom stereocenters. The second-order valence-corrected chi connectivity index (χ2v) is 6.76. The van der Waals surface area contributed by atoms with Gasteiger partial charge in [-0.1, -0.05) is 28.1 Å². The summed E-state index contributed by atoms with van der Waals surface area (Å²) in [5.74, 6) is -0.482. The van der Waals surface area contributed by atoms with Crippen LogP contribution in [0.4, 0.5) is 10.1 Å². The minimum absolute atomic E-state index is 0.238. The summed E-state index contributed by atoms with van der Waals surface area (Å²) in [4.78, 5) is 22.9. The Bertz CT molecular complexity index is 1060. The van der Waals surface area contributed by atoms with E-state index < -0.39 is 5.82 Å². The van der Waals surface area contributed by atoms with Crippen LogP contribution >= 0.6 is 15.9 Å². The molecule has 0 spiro atoms. The van der Waals surface area contributed by atoms with Gasteiger partial charge in [0.05, 0.1) is 11.3 Å². The summed E-state index contributed by atoms with van der Waals surface area (Å²) in [5, 5.41) is 0. The van der Waals surface area contributed by atoms with Gasteiger partial charge < -0.3 is 0 Å². The van der Waals surface area contributed by atoms with Gasteiger partial charge in [-0.2, -0.15) is 0 Å². The van der Waals surface area contributed by atoms with E-state index >= 15 is 0 Å². The lowest BCUT2D eigenvalue weighted by atomic mass is 10.1. The number of carbonyl (C=O) groups excluding carboxylic acids is 1. The van der Waals surface area contributed by atoms with Crippen molar-refractivity contribution >= 4 is 39.4 Å². The van der Waals surface area contributed by atoms with Crippen LogP contribution in [0.3, 0.4) is 0 Å². The predicted molar refractivity (Wildman–Crippen MR) is 107 cm³/mol. The Morgan fingerprint density at radius 3 is 2.37 bits per heavy atom. The molecule has 0 saturated heterocycles. The van der Waals surface area contributed by atoms with E-state index in [1.54, 1.807) is 60.9 Å². The van der Waals surface area contributed by atoms with E-state index in [9.17, 15) is 9.18 Å². The summed E-state index contributed by atoms with van der Waals surface area (Å²) in [5.41, 5.74) is 1.92. The summed E-state index contributed by atoms with van der Waals surface area (Å²) < 4.78 is 15.3. The molecule has 4 nitrogen and oxygen atoms in total. The Hall–Kier alpha value is -3.12. The number of benzene rings is 2. The molecule has 1 amide bonds. The molecular formula is C21H13BrFN3O. The Morgan fingerprint density at radius 2 is 1.67 bits per heavy atom. The van der Waals surface area contributed by atoms with Gasteiger partial charge in [-0.3, -0.25) is 14.7 Å². The fourth-order valence-electron chi connectivity index (χ4n) is 2.79. The number of hydrogen-bond donors (Lipinski definition) is 0. The van der Waals surface area contributed by atoms with Gasteiger partial charge in [-0.15, -0.1) is 0 Å². The number of aromatic nitrogens is 1. The fourth-order valence-corrected chi connectivity index (χ4v) is 3.05. The number of rotatable bonds is 3. The summed E-state index contributed by atoms with van der Waals surface area (Å²) in [7, 11) is 0. The molecule has 0 N–H and O–H groups in total. The van der Waals surface area contributed by atoms with Gasteiger partial charge in [-0.05, 0) is 60.2 Å². The third-order valence-electron chi connectivity index (χ3n) is 4.07. The quantitative estimate of drug-likeness (QED) is 0.569. The number of anilines is 1. The van der Waals surface area contributed by atoms with Crippen molar-refractivity contribution in [2.24, 2.45) is 4.99 Å². The maximum Gasteiger partial charge on any atom is 0.282 e. The first kappa shape index (κ1) is 17.3. The molecule has 1 aliphatic rings. The molecule has 0 radical (unpaired) electrons. The first-order chi connectivity index (χ1) is 13.1. The zero-order valence-electron chi connectivity index (χ0n) is 14.0. The molecule has 27 heavy (non-hydrogen) atoms. The normalized spacial score (nSPS) is 15.3. The highest BCUT2D eigenvalue weighted by atomic mass is 79.9. The first-order valence-corrected chi connectivity index (χ1v) is 8.98. The zero-order valence-corrected chi connectivity index (χ0v) is 15.6. The first-order valence-electron chi connectivity index (χ1n) is 8.19. The van der Waals surface area contributed by atoms with Crippen molar-refractivity contribution in [3.8, 4) is 0 Å². The third kappa shape index (κ3) is 3.44. The van der Waals surface area contributed by atoms with E-state index in [4.69, 9.17) is 0 Å². The molecule has 2 aromatic carbocycles. The van der Waals surface area contributed by atoms with Gasteiger partial charge in [-0.25, -0.2) is 9.38 Å². The van der Waals surface area contributed by atoms with Crippen LogP contribution in [0.1, 0.15) is 11.1 Å². The molecule has 3 aromatic rings. The summed E-state index contributed by atoms with van der Waals surface area (Å²) in [6, 6.07) is 17.1. The number of hydrogen-bond acceptors (Lipinski definition) is 3. The molecule has 0 atom stereocenters. The van der Waals surface area contributed by atoms with Crippen LogP contribution in [0.25, 0.3) is 6.08 Å². The largest absolute Gasteiger partial charge is 0.282 e. The van der Waals surface area contributed by atoms with Crippen LogP contribution in [0, 0.1) is 5.82 Å². The van der Waals surface area contributed by atoms with Gasteiger partial charge in [0.25, 0.3) is 5.91 Å². The molecule has 132 valence electrons. The SMILES string of the molecule is O=C1/C(=C\c2ccncc2)N=C(c2ccccc2F)N1c1ccc(Br)cc1. The molecule has 0 saturated carbocycles. The monoisotopic (exact) mass is 421 g/mol. The molecule has 6 heteroatoms. The van der Waals surface area contributed by atoms with E-state index in [0.29, 0.717) is 5.69 Å². The average molecular weight is 422 g/mol. The van der Waals surface area contributed by atoms with Crippen molar-refractivity contribution in [2.45, 2.75) is 0 Å². The van der Waals surface area contributed by atoms with Gasteiger partial charge in [0, 0.05) is 16.9 Å². The minimum Gasteiger partial charge on any atom is -0.266 e. The second kappa shape index (κ2) is 7.25. The molecule has 4 rings (SSSR count). The highest BCUT2D eigenvalue weighted by Crippen LogP contribution is 2.29. The maximum absolute atomic E-state index is 14.4. The number of halogens is 2. The van der Waals surface area contributed by atoms with Gasteiger partial charge >= 0.3 is 0 Å². The highest BCUT2D eigenvalue weighted by molar-refractivity contribution is 9.10. The van der Waals surface area contributed by atoms with Crippen LogP contribution < -0.4 is 4.90 Å². The smallest absolute Gasteiger partial charge is 0.266 e. The summed E-state index contributed by atoms with van der Waals surface area (Å²) in [6.45, 7) is 0. The Kier molecular flexibility index (Phi) is 4.64. The zero-order chi connectivity index (χ0) is 18.8. The lowest BCUT2D eigenvalue weighted by Gasteiger charge is -2.19. The third-order valence-corrected chi connectivity index (χ3v) is 4.60. The number of amidine groups is 1. The molecule has 1 aromatic heterocycles. The lowest BCUT2D eigenvalue weighted by Crippen LogP contribution is -2.33. The fraction of sp³-hybridized carbons (Fsp3) is 0. The minimum atomic E-state index is -0.434. The van der Waals surface area contributed by atoms with Crippen molar-refractivity contribution in [1.82, 2.24) is 4.98 Å². The van der Waals surface area contributed by atoms with Gasteiger partial charge in [0.2, 0.25) is 0 Å². The van der Waals surface area contributed by atoms with Crippen LogP contribution in [0.15, 0.2) is 88.2 Å². The second-order valence-electron chi connectivity index (χ2n) is 5.84. The Labute approximate surface area is 163 Å². The van der Waals surface area contributed by atoms with Crippen LogP contribution in [0.2, 0.25) is 0 Å². The molecule has 0 fully saturated rings. The van der Waals surface area contributed by atoms with Crippen LogP contribution in [-0.2, 0) is 4.79 Å². The Balaban J connectivity index is 1.85. The van der Waals surface area contributed by atoms with Gasteiger partial charge in [0.15, 0.2) is 5.84 Å². The maximum atomic E-state index is 14.4. The van der Waals surface area contributed by atoms with Crippen LogP contribution in [-0.4, -0.2) is 16.7 Å². The molecule has 0 aliphatic carbocycles. The van der Waals surface area contributed by atoms with E-state index in [0.717, 1.165) is 10.0 Å². The van der Waals surface area contributed by atoms with E-state index in [1.165, 1.54) is 11.0 Å². The molecule has 1 aliphatic heterocycles. The number of nitrogens with zero attached hydrogens (tertiary/aromatic N) is 3. The lowest BCUT2D eigenvalue weighted by molar-refractivity contribution is -0.113. The topological polar surface area (TPSA) is 45.6 Å². The molecular weight excluding hydrogens is 409 g/mol. The average Bonchev–Trinajstić information content (AvgIpc) is 3.00. The van der Waals surface area contributed by atoms with Crippen molar-refractivity contribution in [3.05, 3.63) is 100 Å². The van der Waals surface area contributed by atoms with E-state index in [2.05, 4.69) is 25.9 Å². The number of aliphatic imine (C=N–C) groups is 1. The number of carbonyl (C=O) groups is 1. The van der Waals surface area contributed by atoms with Crippen molar-refractivity contribution < 1.29 is 9.18 Å². The van der Waals surface area contributed by atoms with Crippen molar-refractivity contribution in [3.63, 3.8) is 0 Å². The predicted octanol–water partition coefficient (Wildman–Crippen LogP) is 4.82.